The minimum absolute atomic E-state index is 0.452. The number of rotatable bonds is 2. The van der Waals surface area contributed by atoms with Gasteiger partial charge < -0.3 is 0 Å². The minimum Gasteiger partial charge on any atom is -0.235 e. The maximum Gasteiger partial charge on any atom is 0.136 e. The Balaban J connectivity index is 2.36. The molecule has 0 aliphatic carbocycles. The van der Waals surface area contributed by atoms with E-state index in [9.17, 15) is 0 Å². The van der Waals surface area contributed by atoms with E-state index in [0.29, 0.717) is 10.2 Å². The van der Waals surface area contributed by atoms with Crippen LogP contribution in [0.1, 0.15) is 5.56 Å². The van der Waals surface area contributed by atoms with Gasteiger partial charge in [0.2, 0.25) is 0 Å². The molecule has 0 aromatic heterocycles. The van der Waals surface area contributed by atoms with E-state index in [-0.39, 0.29) is 0 Å². The van der Waals surface area contributed by atoms with Gasteiger partial charge in [-0.3, -0.25) is 0 Å². The van der Waals surface area contributed by atoms with Crippen LogP contribution in [0, 0.1) is 0 Å². The molecule has 2 aromatic carbocycles. The summed E-state index contributed by atoms with van der Waals surface area (Å²) in [6.07, 6.45) is 0. The van der Waals surface area contributed by atoms with Gasteiger partial charge in [-0.15, -0.1) is 0 Å². The van der Waals surface area contributed by atoms with E-state index in [1.54, 1.807) is 12.1 Å². The Morgan fingerprint density at radius 3 is 2.41 bits per heavy atom. The third kappa shape index (κ3) is 3.32. The van der Waals surface area contributed by atoms with Gasteiger partial charge in [-0.2, -0.15) is 0 Å². The van der Waals surface area contributed by atoms with Crippen molar-refractivity contribution in [3.8, 4) is 0 Å². The second-order valence-electron chi connectivity index (χ2n) is 3.36. The zero-order chi connectivity index (χ0) is 12.3. The molecular weight excluding hydrogens is 321 g/mol. The molecule has 2 aromatic rings. The van der Waals surface area contributed by atoms with Crippen molar-refractivity contribution in [3.63, 3.8) is 0 Å². The second kappa shape index (κ2) is 5.67. The van der Waals surface area contributed by atoms with Crippen molar-refractivity contribution in [3.05, 3.63) is 63.6 Å². The van der Waals surface area contributed by atoms with Crippen LogP contribution >= 0.6 is 39.1 Å². The first-order valence-electron chi connectivity index (χ1n) is 4.91. The Morgan fingerprint density at radius 1 is 1.06 bits per heavy atom. The summed E-state index contributed by atoms with van der Waals surface area (Å²) in [6.45, 7) is 0. The summed E-state index contributed by atoms with van der Waals surface area (Å²) in [5.74, 6) is 0. The fourth-order valence-corrected chi connectivity index (χ4v) is 2.31. The van der Waals surface area contributed by atoms with Crippen molar-refractivity contribution in [1.82, 2.24) is 0 Å². The number of aliphatic imine (C=N–C) groups is 1. The van der Waals surface area contributed by atoms with Crippen molar-refractivity contribution in [2.75, 3.05) is 0 Å². The van der Waals surface area contributed by atoms with Gasteiger partial charge in [0.15, 0.2) is 0 Å². The average Bonchev–Trinajstić information content (AvgIpc) is 2.34. The molecule has 0 unspecified atom stereocenters. The third-order valence-electron chi connectivity index (χ3n) is 2.14. The Hall–Kier alpha value is -0.830. The van der Waals surface area contributed by atoms with Crippen molar-refractivity contribution >= 4 is 50.0 Å². The third-order valence-corrected chi connectivity index (χ3v) is 3.31. The van der Waals surface area contributed by atoms with Gasteiger partial charge in [-0.1, -0.05) is 53.5 Å². The summed E-state index contributed by atoms with van der Waals surface area (Å²) >= 11 is 15.4. The highest BCUT2D eigenvalue weighted by Gasteiger charge is 2.02. The number of nitrogens with zero attached hydrogens (tertiary/aromatic N) is 1. The monoisotopic (exact) mass is 327 g/mol. The Morgan fingerprint density at radius 2 is 1.76 bits per heavy atom. The molecule has 1 nitrogen and oxygen atoms in total. The minimum atomic E-state index is 0.452. The molecule has 0 saturated carbocycles. The molecule has 2 rings (SSSR count). The van der Waals surface area contributed by atoms with Gasteiger partial charge in [0.05, 0.1) is 5.69 Å². The predicted molar refractivity (Wildman–Crippen MR) is 77.6 cm³/mol. The SMILES string of the molecule is ClC(=Nc1ccc(Cl)cc1Br)c1ccccc1. The summed E-state index contributed by atoms with van der Waals surface area (Å²) in [7, 11) is 0. The number of halogens is 3. The van der Waals surface area contributed by atoms with Gasteiger partial charge >= 0.3 is 0 Å². The molecule has 0 N–H and O–H groups in total. The smallest absolute Gasteiger partial charge is 0.136 e. The molecule has 4 heteroatoms. The van der Waals surface area contributed by atoms with Gasteiger partial charge in [0, 0.05) is 15.1 Å². The highest BCUT2D eigenvalue weighted by Crippen LogP contribution is 2.29. The highest BCUT2D eigenvalue weighted by atomic mass is 79.9. The lowest BCUT2D eigenvalue weighted by Crippen LogP contribution is -1.89. The van der Waals surface area contributed by atoms with Crippen molar-refractivity contribution in [2.24, 2.45) is 4.99 Å². The predicted octanol–water partition coefficient (Wildman–Crippen LogP) is 5.42. The van der Waals surface area contributed by atoms with Gasteiger partial charge in [-0.25, -0.2) is 4.99 Å². The van der Waals surface area contributed by atoms with E-state index in [1.165, 1.54) is 0 Å². The zero-order valence-electron chi connectivity index (χ0n) is 8.70. The first-order valence-corrected chi connectivity index (χ1v) is 6.46. The lowest BCUT2D eigenvalue weighted by molar-refractivity contribution is 1.49. The second-order valence-corrected chi connectivity index (χ2v) is 5.01. The molecule has 0 atom stereocenters. The highest BCUT2D eigenvalue weighted by molar-refractivity contribution is 9.10. The fourth-order valence-electron chi connectivity index (χ4n) is 1.32. The molecule has 0 spiro atoms. The Bertz CT molecular complexity index is 553. The summed E-state index contributed by atoms with van der Waals surface area (Å²) in [5.41, 5.74) is 1.64. The number of hydrogen-bond acceptors (Lipinski definition) is 1. The van der Waals surface area contributed by atoms with Crippen LogP contribution in [0.25, 0.3) is 0 Å². The quantitative estimate of drug-likeness (QED) is 0.653. The van der Waals surface area contributed by atoms with Crippen molar-refractivity contribution in [2.45, 2.75) is 0 Å². The first kappa shape index (κ1) is 12.6. The van der Waals surface area contributed by atoms with Crippen LogP contribution in [-0.4, -0.2) is 5.17 Å². The molecule has 0 fully saturated rings. The lowest BCUT2D eigenvalue weighted by atomic mass is 10.2. The van der Waals surface area contributed by atoms with E-state index < -0.39 is 0 Å². The van der Waals surface area contributed by atoms with Gasteiger partial charge in [-0.05, 0) is 34.1 Å². The molecule has 86 valence electrons. The van der Waals surface area contributed by atoms with Gasteiger partial charge in [0.25, 0.3) is 0 Å². The number of hydrogen-bond donors (Lipinski definition) is 0. The van der Waals surface area contributed by atoms with E-state index in [1.807, 2.05) is 36.4 Å². The van der Waals surface area contributed by atoms with E-state index in [2.05, 4.69) is 20.9 Å². The average molecular weight is 329 g/mol. The lowest BCUT2D eigenvalue weighted by Gasteiger charge is -2.01. The normalized spacial score (nSPS) is 11.6. The standard InChI is InChI=1S/C13H8BrCl2N/c14-11-8-10(15)6-7-12(11)17-13(16)9-4-2-1-3-5-9/h1-8H. The van der Waals surface area contributed by atoms with E-state index in [0.717, 1.165) is 15.7 Å². The summed E-state index contributed by atoms with van der Waals surface area (Å²) in [6, 6.07) is 15.0. The largest absolute Gasteiger partial charge is 0.235 e. The molecule has 17 heavy (non-hydrogen) atoms. The van der Waals surface area contributed by atoms with E-state index >= 15 is 0 Å². The van der Waals surface area contributed by atoms with E-state index in [4.69, 9.17) is 23.2 Å². The molecule has 0 radical (unpaired) electrons. The molecule has 0 aliphatic heterocycles. The molecule has 0 heterocycles. The maximum absolute atomic E-state index is 6.15. The van der Waals surface area contributed by atoms with Crippen LogP contribution in [0.4, 0.5) is 5.69 Å². The van der Waals surface area contributed by atoms with Crippen molar-refractivity contribution < 1.29 is 0 Å². The molecule has 0 saturated heterocycles. The Kier molecular flexibility index (Phi) is 4.21. The topological polar surface area (TPSA) is 12.4 Å². The molecular formula is C13H8BrCl2N. The van der Waals surface area contributed by atoms with Gasteiger partial charge in [0.1, 0.15) is 5.17 Å². The van der Waals surface area contributed by atoms with Crippen LogP contribution in [0.5, 0.6) is 0 Å². The van der Waals surface area contributed by atoms with Crippen LogP contribution in [0.15, 0.2) is 58.0 Å². The number of benzene rings is 2. The Labute approximate surface area is 118 Å². The van der Waals surface area contributed by atoms with Crippen molar-refractivity contribution in [1.29, 1.82) is 0 Å². The maximum atomic E-state index is 6.15. The zero-order valence-corrected chi connectivity index (χ0v) is 11.8. The van der Waals surface area contributed by atoms with Crippen LogP contribution < -0.4 is 0 Å². The molecule has 0 bridgehead atoms. The molecule has 0 aliphatic rings. The summed E-state index contributed by atoms with van der Waals surface area (Å²) < 4.78 is 0.819. The van der Waals surface area contributed by atoms with Crippen LogP contribution in [-0.2, 0) is 0 Å². The first-order chi connectivity index (χ1) is 8.16. The fraction of sp³-hybridized carbons (Fsp3) is 0. The molecule has 0 amide bonds. The summed E-state index contributed by atoms with van der Waals surface area (Å²) in [4.78, 5) is 4.35. The van der Waals surface area contributed by atoms with Crippen LogP contribution in [0.3, 0.4) is 0 Å². The van der Waals surface area contributed by atoms with Crippen LogP contribution in [0.2, 0.25) is 5.02 Å². The summed E-state index contributed by atoms with van der Waals surface area (Å²) in [5, 5.41) is 1.11.